The summed E-state index contributed by atoms with van der Waals surface area (Å²) in [6.45, 7) is 10.4. The third-order valence-corrected chi connectivity index (χ3v) is 4.34. The van der Waals surface area contributed by atoms with E-state index in [2.05, 4.69) is 41.2 Å². The Balaban J connectivity index is 1.90. The zero-order valence-corrected chi connectivity index (χ0v) is 12.6. The van der Waals surface area contributed by atoms with Crippen LogP contribution in [-0.4, -0.2) is 45.3 Å². The van der Waals surface area contributed by atoms with Gasteiger partial charge in [0.1, 0.15) is 12.2 Å². The summed E-state index contributed by atoms with van der Waals surface area (Å²) in [7, 11) is 2.00. The van der Waals surface area contributed by atoms with Gasteiger partial charge in [0.25, 0.3) is 0 Å². The Morgan fingerprint density at radius 3 is 2.89 bits per heavy atom. The van der Waals surface area contributed by atoms with Crippen LogP contribution in [0.5, 0.6) is 0 Å². The van der Waals surface area contributed by atoms with Crippen molar-refractivity contribution in [3.05, 3.63) is 12.2 Å². The topological polar surface area (TPSA) is 46.0 Å². The number of rotatable bonds is 5. The van der Waals surface area contributed by atoms with Crippen molar-refractivity contribution in [3.63, 3.8) is 0 Å². The summed E-state index contributed by atoms with van der Waals surface area (Å²) in [6, 6.07) is 0.764. The number of hydrogen-bond acceptors (Lipinski definition) is 4. The fourth-order valence-corrected chi connectivity index (χ4v) is 3.08. The Kier molecular flexibility index (Phi) is 4.93. The van der Waals surface area contributed by atoms with E-state index in [1.54, 1.807) is 6.33 Å². The summed E-state index contributed by atoms with van der Waals surface area (Å²) in [6.07, 6.45) is 4.41. The minimum Gasteiger partial charge on any atom is -0.319 e. The molecule has 0 amide bonds. The number of hydrogen-bond donors (Lipinski definition) is 1. The number of piperidine rings is 1. The lowest BCUT2D eigenvalue weighted by Gasteiger charge is -2.36. The highest BCUT2D eigenvalue weighted by molar-refractivity contribution is 4.94. The van der Waals surface area contributed by atoms with Crippen molar-refractivity contribution in [1.29, 1.82) is 0 Å². The van der Waals surface area contributed by atoms with Crippen LogP contribution in [0.3, 0.4) is 0 Å². The van der Waals surface area contributed by atoms with Crippen molar-refractivity contribution in [2.75, 3.05) is 19.6 Å². The van der Waals surface area contributed by atoms with E-state index < -0.39 is 0 Å². The summed E-state index contributed by atoms with van der Waals surface area (Å²) >= 11 is 0. The molecule has 3 unspecified atom stereocenters. The van der Waals surface area contributed by atoms with E-state index in [0.717, 1.165) is 11.7 Å². The normalized spacial score (nSPS) is 24.3. The highest BCUT2D eigenvalue weighted by Crippen LogP contribution is 2.21. The fourth-order valence-electron chi connectivity index (χ4n) is 3.08. The SMILES string of the molecule is CCN1CCCC(C(C)NC(C)c2nncn2C)C1. The summed E-state index contributed by atoms with van der Waals surface area (Å²) in [4.78, 5) is 2.55. The van der Waals surface area contributed by atoms with Gasteiger partial charge in [-0.1, -0.05) is 6.92 Å². The molecular formula is C14H27N5. The summed E-state index contributed by atoms with van der Waals surface area (Å²) in [5.74, 6) is 1.75. The Morgan fingerprint density at radius 2 is 2.26 bits per heavy atom. The van der Waals surface area contributed by atoms with Crippen LogP contribution in [0.15, 0.2) is 6.33 Å². The molecule has 1 N–H and O–H groups in total. The van der Waals surface area contributed by atoms with Gasteiger partial charge in [0.05, 0.1) is 6.04 Å². The second-order valence-corrected chi connectivity index (χ2v) is 5.77. The average Bonchev–Trinajstić information content (AvgIpc) is 2.85. The first kappa shape index (κ1) is 14.5. The smallest absolute Gasteiger partial charge is 0.149 e. The average molecular weight is 265 g/mol. The van der Waals surface area contributed by atoms with Gasteiger partial charge in [-0.3, -0.25) is 0 Å². The van der Waals surface area contributed by atoms with Crippen LogP contribution in [-0.2, 0) is 7.05 Å². The van der Waals surface area contributed by atoms with Crippen LogP contribution >= 0.6 is 0 Å². The third-order valence-electron chi connectivity index (χ3n) is 4.34. The Labute approximate surface area is 116 Å². The van der Waals surface area contributed by atoms with Gasteiger partial charge in [0.15, 0.2) is 0 Å². The van der Waals surface area contributed by atoms with E-state index in [9.17, 15) is 0 Å². The number of aromatic nitrogens is 3. The predicted molar refractivity (Wildman–Crippen MR) is 76.9 cm³/mol. The van der Waals surface area contributed by atoms with Crippen LogP contribution in [0.25, 0.3) is 0 Å². The maximum Gasteiger partial charge on any atom is 0.149 e. The number of likely N-dealkylation sites (tertiary alicyclic amines) is 1. The zero-order valence-electron chi connectivity index (χ0n) is 12.6. The molecule has 0 bridgehead atoms. The minimum absolute atomic E-state index is 0.250. The Bertz CT molecular complexity index is 389. The van der Waals surface area contributed by atoms with Crippen molar-refractivity contribution in [3.8, 4) is 0 Å². The molecule has 5 heteroatoms. The molecule has 5 nitrogen and oxygen atoms in total. The lowest BCUT2D eigenvalue weighted by Crippen LogP contribution is -2.45. The summed E-state index contributed by atoms with van der Waals surface area (Å²) in [5.41, 5.74) is 0. The second-order valence-electron chi connectivity index (χ2n) is 5.77. The van der Waals surface area contributed by atoms with Crippen LogP contribution in [0.2, 0.25) is 0 Å². The highest BCUT2D eigenvalue weighted by Gasteiger charge is 2.25. The van der Waals surface area contributed by atoms with Gasteiger partial charge in [-0.05, 0) is 45.7 Å². The van der Waals surface area contributed by atoms with Crippen molar-refractivity contribution in [2.45, 2.75) is 45.7 Å². The van der Waals surface area contributed by atoms with E-state index in [-0.39, 0.29) is 6.04 Å². The fraction of sp³-hybridized carbons (Fsp3) is 0.857. The molecule has 1 aliphatic heterocycles. The molecule has 1 aromatic heterocycles. The molecule has 0 spiro atoms. The van der Waals surface area contributed by atoms with Crippen LogP contribution in [0.4, 0.5) is 0 Å². The highest BCUT2D eigenvalue weighted by atomic mass is 15.3. The quantitative estimate of drug-likeness (QED) is 0.878. The van der Waals surface area contributed by atoms with Gasteiger partial charge >= 0.3 is 0 Å². The van der Waals surface area contributed by atoms with Gasteiger partial charge in [0.2, 0.25) is 0 Å². The van der Waals surface area contributed by atoms with Gasteiger partial charge in [-0.15, -0.1) is 10.2 Å². The molecule has 1 aliphatic rings. The summed E-state index contributed by atoms with van der Waals surface area (Å²) in [5, 5.41) is 11.8. The van der Waals surface area contributed by atoms with E-state index in [0.29, 0.717) is 6.04 Å². The van der Waals surface area contributed by atoms with Crippen molar-refractivity contribution >= 4 is 0 Å². The Morgan fingerprint density at radius 1 is 1.47 bits per heavy atom. The molecule has 0 saturated carbocycles. The number of aryl methyl sites for hydroxylation is 1. The monoisotopic (exact) mass is 265 g/mol. The molecule has 0 aromatic carbocycles. The van der Waals surface area contributed by atoms with Crippen molar-refractivity contribution < 1.29 is 0 Å². The van der Waals surface area contributed by atoms with E-state index >= 15 is 0 Å². The molecule has 1 fully saturated rings. The first-order valence-electron chi connectivity index (χ1n) is 7.44. The molecular weight excluding hydrogens is 238 g/mol. The largest absolute Gasteiger partial charge is 0.319 e. The number of nitrogens with one attached hydrogen (secondary N) is 1. The van der Waals surface area contributed by atoms with E-state index in [1.807, 2.05) is 11.6 Å². The molecule has 2 heterocycles. The minimum atomic E-state index is 0.250. The first-order chi connectivity index (χ1) is 9.11. The molecule has 3 atom stereocenters. The Hall–Kier alpha value is -0.940. The lowest BCUT2D eigenvalue weighted by atomic mass is 9.91. The molecule has 0 aliphatic carbocycles. The van der Waals surface area contributed by atoms with Crippen molar-refractivity contribution in [2.24, 2.45) is 13.0 Å². The van der Waals surface area contributed by atoms with Crippen molar-refractivity contribution in [1.82, 2.24) is 25.0 Å². The molecule has 19 heavy (non-hydrogen) atoms. The first-order valence-corrected chi connectivity index (χ1v) is 7.44. The van der Waals surface area contributed by atoms with Gasteiger partial charge in [-0.2, -0.15) is 0 Å². The lowest BCUT2D eigenvalue weighted by molar-refractivity contribution is 0.152. The van der Waals surface area contributed by atoms with E-state index in [1.165, 1.54) is 32.5 Å². The molecule has 1 aromatic rings. The zero-order chi connectivity index (χ0) is 13.8. The maximum atomic E-state index is 4.19. The summed E-state index contributed by atoms with van der Waals surface area (Å²) < 4.78 is 1.99. The van der Waals surface area contributed by atoms with Gasteiger partial charge < -0.3 is 14.8 Å². The third kappa shape index (κ3) is 3.54. The standard InChI is InChI=1S/C14H27N5/c1-5-19-8-6-7-13(9-19)11(2)16-12(3)14-17-15-10-18(14)4/h10-13,16H,5-9H2,1-4H3. The van der Waals surface area contributed by atoms with E-state index in [4.69, 9.17) is 0 Å². The number of nitrogens with zero attached hydrogens (tertiary/aromatic N) is 4. The maximum absolute atomic E-state index is 4.19. The van der Waals surface area contributed by atoms with Crippen LogP contribution < -0.4 is 5.32 Å². The van der Waals surface area contributed by atoms with Crippen LogP contribution in [0.1, 0.15) is 45.5 Å². The molecule has 108 valence electrons. The van der Waals surface area contributed by atoms with Crippen LogP contribution in [0, 0.1) is 5.92 Å². The molecule has 0 radical (unpaired) electrons. The molecule has 2 rings (SSSR count). The molecule has 1 saturated heterocycles. The van der Waals surface area contributed by atoms with Gasteiger partial charge in [0, 0.05) is 19.6 Å². The predicted octanol–water partition coefficient (Wildman–Crippen LogP) is 1.59. The van der Waals surface area contributed by atoms with Gasteiger partial charge in [-0.25, -0.2) is 0 Å². The second kappa shape index (κ2) is 6.48.